The third-order valence-electron chi connectivity index (χ3n) is 4.33. The number of piperidine rings is 1. The smallest absolute Gasteiger partial charge is 0.343 e. The van der Waals surface area contributed by atoms with Gasteiger partial charge in [-0.3, -0.25) is 4.79 Å². The zero-order valence-corrected chi connectivity index (χ0v) is 15.9. The minimum absolute atomic E-state index is 0.0224. The van der Waals surface area contributed by atoms with Gasteiger partial charge in [-0.05, 0) is 63.2 Å². The van der Waals surface area contributed by atoms with Crippen molar-refractivity contribution in [3.05, 3.63) is 29.8 Å². The van der Waals surface area contributed by atoms with Crippen LogP contribution in [0, 0.1) is 0 Å². The SMILES string of the molecule is CCCN1CCC(NS(=O)(=O)c2ccc(C(=O)NCC(F)(F)F)cc2)CC1. The number of sulfonamides is 1. The molecule has 0 unspecified atom stereocenters. The van der Waals surface area contributed by atoms with E-state index in [9.17, 15) is 26.4 Å². The van der Waals surface area contributed by atoms with E-state index in [0.29, 0.717) is 0 Å². The number of benzene rings is 1. The summed E-state index contributed by atoms with van der Waals surface area (Å²) in [6, 6.07) is 4.68. The van der Waals surface area contributed by atoms with E-state index in [-0.39, 0.29) is 16.5 Å². The molecule has 0 radical (unpaired) electrons. The van der Waals surface area contributed by atoms with Crippen LogP contribution in [0.5, 0.6) is 0 Å². The number of alkyl halides is 3. The van der Waals surface area contributed by atoms with Crippen molar-refractivity contribution in [3.8, 4) is 0 Å². The summed E-state index contributed by atoms with van der Waals surface area (Å²) in [5.41, 5.74) is -0.0360. The molecule has 10 heteroatoms. The number of amides is 1. The van der Waals surface area contributed by atoms with Crippen LogP contribution >= 0.6 is 0 Å². The largest absolute Gasteiger partial charge is 0.405 e. The van der Waals surface area contributed by atoms with Gasteiger partial charge in [0.05, 0.1) is 4.90 Å². The molecule has 1 heterocycles. The molecule has 1 amide bonds. The second-order valence-electron chi connectivity index (χ2n) is 6.56. The van der Waals surface area contributed by atoms with Crippen molar-refractivity contribution < 1.29 is 26.4 Å². The Morgan fingerprint density at radius 1 is 1.19 bits per heavy atom. The van der Waals surface area contributed by atoms with Crippen LogP contribution in [0.4, 0.5) is 13.2 Å². The third-order valence-corrected chi connectivity index (χ3v) is 5.86. The Hall–Kier alpha value is -1.65. The monoisotopic (exact) mass is 407 g/mol. The molecule has 0 aromatic heterocycles. The van der Waals surface area contributed by atoms with E-state index in [4.69, 9.17) is 0 Å². The lowest BCUT2D eigenvalue weighted by atomic mass is 10.1. The number of carbonyl (C=O) groups excluding carboxylic acids is 1. The highest BCUT2D eigenvalue weighted by Crippen LogP contribution is 2.17. The van der Waals surface area contributed by atoms with E-state index in [1.54, 1.807) is 5.32 Å². The van der Waals surface area contributed by atoms with Crippen molar-refractivity contribution in [2.24, 2.45) is 0 Å². The Morgan fingerprint density at radius 2 is 1.78 bits per heavy atom. The van der Waals surface area contributed by atoms with Crippen molar-refractivity contribution in [1.82, 2.24) is 14.9 Å². The van der Waals surface area contributed by atoms with Gasteiger partial charge in [0.1, 0.15) is 6.54 Å². The molecule has 1 fully saturated rings. The minimum Gasteiger partial charge on any atom is -0.343 e. The molecule has 0 atom stereocenters. The normalized spacial score (nSPS) is 17.0. The van der Waals surface area contributed by atoms with Gasteiger partial charge in [-0.25, -0.2) is 13.1 Å². The van der Waals surface area contributed by atoms with Gasteiger partial charge in [-0.2, -0.15) is 13.2 Å². The fourth-order valence-electron chi connectivity index (χ4n) is 2.95. The van der Waals surface area contributed by atoms with Crippen LogP contribution in [0.1, 0.15) is 36.5 Å². The Balaban J connectivity index is 1.94. The van der Waals surface area contributed by atoms with Crippen molar-refractivity contribution >= 4 is 15.9 Å². The Labute approximate surface area is 157 Å². The van der Waals surface area contributed by atoms with Crippen LogP contribution in [0.2, 0.25) is 0 Å². The van der Waals surface area contributed by atoms with Gasteiger partial charge in [-0.1, -0.05) is 6.92 Å². The number of hydrogen-bond donors (Lipinski definition) is 2. The highest BCUT2D eigenvalue weighted by atomic mass is 32.2. The molecule has 0 saturated carbocycles. The molecule has 6 nitrogen and oxygen atoms in total. The highest BCUT2D eigenvalue weighted by molar-refractivity contribution is 7.89. The van der Waals surface area contributed by atoms with Gasteiger partial charge in [0.2, 0.25) is 10.0 Å². The van der Waals surface area contributed by atoms with E-state index in [0.717, 1.165) is 38.9 Å². The van der Waals surface area contributed by atoms with Crippen LogP contribution in [0.25, 0.3) is 0 Å². The second kappa shape index (κ2) is 9.03. The Kier molecular flexibility index (Phi) is 7.24. The lowest BCUT2D eigenvalue weighted by Crippen LogP contribution is -2.44. The second-order valence-corrected chi connectivity index (χ2v) is 8.27. The van der Waals surface area contributed by atoms with Crippen LogP contribution in [-0.4, -0.2) is 57.6 Å². The van der Waals surface area contributed by atoms with Gasteiger partial charge in [-0.15, -0.1) is 0 Å². The van der Waals surface area contributed by atoms with Crippen molar-refractivity contribution in [2.75, 3.05) is 26.2 Å². The summed E-state index contributed by atoms with van der Waals surface area (Å²) in [6.45, 7) is 3.32. The van der Waals surface area contributed by atoms with E-state index < -0.39 is 28.7 Å². The predicted molar refractivity (Wildman–Crippen MR) is 94.9 cm³/mol. The van der Waals surface area contributed by atoms with Crippen molar-refractivity contribution in [3.63, 3.8) is 0 Å². The maximum absolute atomic E-state index is 12.5. The topological polar surface area (TPSA) is 78.5 Å². The lowest BCUT2D eigenvalue weighted by Gasteiger charge is -2.31. The van der Waals surface area contributed by atoms with Gasteiger partial charge in [0.15, 0.2) is 0 Å². The number of halogens is 3. The number of nitrogens with one attached hydrogen (secondary N) is 2. The van der Waals surface area contributed by atoms with Gasteiger partial charge in [0.25, 0.3) is 5.91 Å². The summed E-state index contributed by atoms with van der Waals surface area (Å²) in [5, 5.41) is 1.74. The molecule has 2 rings (SSSR count). The van der Waals surface area contributed by atoms with Crippen LogP contribution in [0.15, 0.2) is 29.2 Å². The Bertz CT molecular complexity index is 728. The van der Waals surface area contributed by atoms with E-state index in [2.05, 4.69) is 16.5 Å². The van der Waals surface area contributed by atoms with E-state index in [1.165, 1.54) is 24.3 Å². The molecular formula is C17H24F3N3O3S. The molecule has 1 aromatic rings. The standard InChI is InChI=1S/C17H24F3N3O3S/c1-2-9-23-10-7-14(8-11-23)22-27(25,26)15-5-3-13(4-6-15)16(24)21-12-17(18,19)20/h3-6,14,22H,2,7-12H2,1H3,(H,21,24). The highest BCUT2D eigenvalue weighted by Gasteiger charge is 2.28. The van der Waals surface area contributed by atoms with Gasteiger partial charge in [0, 0.05) is 11.6 Å². The van der Waals surface area contributed by atoms with Crippen LogP contribution < -0.4 is 10.0 Å². The number of hydrogen-bond acceptors (Lipinski definition) is 4. The first kappa shape index (κ1) is 21.6. The fourth-order valence-corrected chi connectivity index (χ4v) is 4.25. The summed E-state index contributed by atoms with van der Waals surface area (Å²) < 4.78 is 64.0. The Morgan fingerprint density at radius 3 is 2.30 bits per heavy atom. The maximum Gasteiger partial charge on any atom is 0.405 e. The predicted octanol–water partition coefficient (Wildman–Crippen LogP) is 2.13. The van der Waals surface area contributed by atoms with Crippen molar-refractivity contribution in [2.45, 2.75) is 43.3 Å². The zero-order chi connectivity index (χ0) is 20.1. The van der Waals surface area contributed by atoms with Crippen LogP contribution in [0.3, 0.4) is 0 Å². The molecule has 27 heavy (non-hydrogen) atoms. The number of carbonyl (C=O) groups is 1. The average Bonchev–Trinajstić information content (AvgIpc) is 2.61. The summed E-state index contributed by atoms with van der Waals surface area (Å²) in [4.78, 5) is 13.9. The molecule has 2 N–H and O–H groups in total. The average molecular weight is 407 g/mol. The van der Waals surface area contributed by atoms with Crippen molar-refractivity contribution in [1.29, 1.82) is 0 Å². The molecule has 1 aromatic carbocycles. The summed E-state index contributed by atoms with van der Waals surface area (Å²) in [6.07, 6.45) is -2.01. The fraction of sp³-hybridized carbons (Fsp3) is 0.588. The molecule has 152 valence electrons. The van der Waals surface area contributed by atoms with E-state index in [1.807, 2.05) is 0 Å². The number of rotatable bonds is 7. The number of likely N-dealkylation sites (tertiary alicyclic amines) is 1. The molecule has 1 aliphatic heterocycles. The van der Waals surface area contributed by atoms with Gasteiger partial charge < -0.3 is 10.2 Å². The van der Waals surface area contributed by atoms with Gasteiger partial charge >= 0.3 is 6.18 Å². The maximum atomic E-state index is 12.5. The van der Waals surface area contributed by atoms with Crippen LogP contribution in [-0.2, 0) is 10.0 Å². The first-order chi connectivity index (χ1) is 12.6. The quantitative estimate of drug-likeness (QED) is 0.726. The lowest BCUT2D eigenvalue weighted by molar-refractivity contribution is -0.123. The molecule has 0 spiro atoms. The minimum atomic E-state index is -4.50. The third kappa shape index (κ3) is 6.78. The summed E-state index contributed by atoms with van der Waals surface area (Å²) >= 11 is 0. The first-order valence-electron chi connectivity index (χ1n) is 8.80. The summed E-state index contributed by atoms with van der Waals surface area (Å²) in [7, 11) is -3.75. The molecular weight excluding hydrogens is 383 g/mol. The first-order valence-corrected chi connectivity index (χ1v) is 10.3. The molecule has 0 aliphatic carbocycles. The molecule has 0 bridgehead atoms. The molecule has 1 saturated heterocycles. The van der Waals surface area contributed by atoms with E-state index >= 15 is 0 Å². The zero-order valence-electron chi connectivity index (χ0n) is 15.1. The number of nitrogens with zero attached hydrogens (tertiary/aromatic N) is 1. The molecule has 1 aliphatic rings. The summed E-state index contributed by atoms with van der Waals surface area (Å²) in [5.74, 6) is -0.910.